The molecule has 2 N–H and O–H groups in total. The van der Waals surface area contributed by atoms with Gasteiger partial charge in [-0.2, -0.15) is 0 Å². The first kappa shape index (κ1) is 12.3. The van der Waals surface area contributed by atoms with E-state index in [0.29, 0.717) is 16.3 Å². The van der Waals surface area contributed by atoms with Crippen molar-refractivity contribution in [3.8, 4) is 0 Å². The summed E-state index contributed by atoms with van der Waals surface area (Å²) in [5.41, 5.74) is 2.13. The van der Waals surface area contributed by atoms with E-state index in [1.54, 1.807) is 6.33 Å². The highest BCUT2D eigenvalue weighted by atomic mass is 35.5. The maximum Gasteiger partial charge on any atom is 0.165 e. The molecule has 20 heavy (non-hydrogen) atoms. The normalized spacial score (nSPS) is 32.0. The van der Waals surface area contributed by atoms with Crippen LogP contribution in [0.25, 0.3) is 11.2 Å². The van der Waals surface area contributed by atoms with Gasteiger partial charge in [0.25, 0.3) is 0 Å². The predicted molar refractivity (Wildman–Crippen MR) is 72.1 cm³/mol. The highest BCUT2D eigenvalue weighted by Gasteiger charge is 2.48. The Morgan fingerprint density at radius 2 is 2.20 bits per heavy atom. The zero-order valence-electron chi connectivity index (χ0n) is 10.5. The molecule has 1 saturated carbocycles. The lowest BCUT2D eigenvalue weighted by Crippen LogP contribution is -2.30. The summed E-state index contributed by atoms with van der Waals surface area (Å²) in [7, 11) is 0. The van der Waals surface area contributed by atoms with Crippen molar-refractivity contribution in [1.29, 1.82) is 0 Å². The van der Waals surface area contributed by atoms with Gasteiger partial charge in [0.1, 0.15) is 11.8 Å². The molecule has 2 aliphatic carbocycles. The van der Waals surface area contributed by atoms with E-state index >= 15 is 0 Å². The van der Waals surface area contributed by atoms with Gasteiger partial charge in [0.2, 0.25) is 0 Å². The van der Waals surface area contributed by atoms with E-state index in [1.165, 1.54) is 6.33 Å². The Kier molecular flexibility index (Phi) is 2.60. The number of allylic oxidation sites excluding steroid dienone is 1. The third-order valence-corrected chi connectivity index (χ3v) is 4.73. The molecule has 0 aliphatic heterocycles. The lowest BCUT2D eigenvalue weighted by atomic mass is 9.92. The Labute approximate surface area is 119 Å². The molecule has 7 heteroatoms. The lowest BCUT2D eigenvalue weighted by Gasteiger charge is -2.27. The van der Waals surface area contributed by atoms with Crippen molar-refractivity contribution < 1.29 is 10.2 Å². The van der Waals surface area contributed by atoms with Crippen molar-refractivity contribution in [3.05, 3.63) is 29.5 Å². The molecule has 2 aromatic heterocycles. The number of aromatic nitrogens is 4. The molecule has 4 atom stereocenters. The standard InChI is InChI=1S/C13H13ClN4O2/c14-12-9-13(16-4-15-12)18(5-17-9)10-6-1-7(3-19)8(2-6)11(10)20/h1,4-6,8,10-11,19-20H,2-3H2. The first-order valence-electron chi connectivity index (χ1n) is 6.53. The molecule has 4 unspecified atom stereocenters. The first-order chi connectivity index (χ1) is 9.70. The molecule has 6 nitrogen and oxygen atoms in total. The van der Waals surface area contributed by atoms with E-state index < -0.39 is 6.10 Å². The minimum absolute atomic E-state index is 0.0175. The summed E-state index contributed by atoms with van der Waals surface area (Å²) in [6.07, 6.45) is 5.46. The number of hydrogen-bond donors (Lipinski definition) is 2. The van der Waals surface area contributed by atoms with Crippen LogP contribution in [-0.4, -0.2) is 42.4 Å². The van der Waals surface area contributed by atoms with Crippen molar-refractivity contribution >= 4 is 22.8 Å². The summed E-state index contributed by atoms with van der Waals surface area (Å²) in [5.74, 6) is 0.230. The molecule has 0 amide bonds. The van der Waals surface area contributed by atoms with Gasteiger partial charge in [0.15, 0.2) is 10.8 Å². The summed E-state index contributed by atoms with van der Waals surface area (Å²) in [6, 6.07) is -0.105. The number of fused-ring (bicyclic) bond motifs is 3. The molecule has 0 aromatic carbocycles. The van der Waals surface area contributed by atoms with Crippen molar-refractivity contribution in [1.82, 2.24) is 19.5 Å². The van der Waals surface area contributed by atoms with Crippen LogP contribution in [0.2, 0.25) is 5.15 Å². The molecule has 2 heterocycles. The number of hydrogen-bond acceptors (Lipinski definition) is 5. The van der Waals surface area contributed by atoms with E-state index in [0.717, 1.165) is 12.0 Å². The Morgan fingerprint density at radius 3 is 2.95 bits per heavy atom. The molecular weight excluding hydrogens is 280 g/mol. The summed E-state index contributed by atoms with van der Waals surface area (Å²) in [5, 5.41) is 20.1. The molecule has 104 valence electrons. The quantitative estimate of drug-likeness (QED) is 0.636. The molecule has 2 bridgehead atoms. The van der Waals surface area contributed by atoms with E-state index in [1.807, 2.05) is 4.57 Å². The fraction of sp³-hybridized carbons (Fsp3) is 0.462. The van der Waals surface area contributed by atoms with Crippen LogP contribution >= 0.6 is 11.6 Å². The van der Waals surface area contributed by atoms with E-state index in [-0.39, 0.29) is 24.5 Å². The SMILES string of the molecule is OCC1=CC2CC1C(O)C2n1cnc2c(Cl)ncnc21. The minimum atomic E-state index is -0.529. The van der Waals surface area contributed by atoms with Gasteiger partial charge in [-0.05, 0) is 12.0 Å². The second kappa shape index (κ2) is 4.25. The molecule has 0 spiro atoms. The minimum Gasteiger partial charge on any atom is -0.392 e. The second-order valence-corrected chi connectivity index (χ2v) is 5.73. The Hall–Kier alpha value is -1.50. The predicted octanol–water partition coefficient (Wildman–Crippen LogP) is 0.950. The van der Waals surface area contributed by atoms with Crippen LogP contribution in [-0.2, 0) is 0 Å². The van der Waals surface area contributed by atoms with Crippen LogP contribution in [0.15, 0.2) is 24.3 Å². The van der Waals surface area contributed by atoms with Gasteiger partial charge >= 0.3 is 0 Å². The molecule has 0 saturated heterocycles. The zero-order valence-corrected chi connectivity index (χ0v) is 11.3. The van der Waals surface area contributed by atoms with Crippen LogP contribution in [0.5, 0.6) is 0 Å². The monoisotopic (exact) mass is 292 g/mol. The van der Waals surface area contributed by atoms with Crippen molar-refractivity contribution in [2.75, 3.05) is 6.61 Å². The Morgan fingerprint density at radius 1 is 1.35 bits per heavy atom. The molecule has 2 aliphatic rings. The maximum absolute atomic E-state index is 10.5. The van der Waals surface area contributed by atoms with Crippen LogP contribution in [0.3, 0.4) is 0 Å². The maximum atomic E-state index is 10.5. The lowest BCUT2D eigenvalue weighted by molar-refractivity contribution is 0.0929. The average Bonchev–Trinajstić information content (AvgIpc) is 3.11. The average molecular weight is 293 g/mol. The smallest absolute Gasteiger partial charge is 0.165 e. The van der Waals surface area contributed by atoms with Crippen molar-refractivity contribution in [3.63, 3.8) is 0 Å². The summed E-state index contributed by atoms with van der Waals surface area (Å²) in [4.78, 5) is 12.4. The number of aliphatic hydroxyl groups excluding tert-OH is 2. The van der Waals surface area contributed by atoms with Gasteiger partial charge in [-0.15, -0.1) is 0 Å². The van der Waals surface area contributed by atoms with Gasteiger partial charge in [-0.1, -0.05) is 17.7 Å². The van der Waals surface area contributed by atoms with Crippen LogP contribution < -0.4 is 0 Å². The van der Waals surface area contributed by atoms with Crippen molar-refractivity contribution in [2.45, 2.75) is 18.6 Å². The highest BCUT2D eigenvalue weighted by molar-refractivity contribution is 6.33. The first-order valence-corrected chi connectivity index (χ1v) is 6.91. The van der Waals surface area contributed by atoms with Gasteiger partial charge < -0.3 is 14.8 Å². The third kappa shape index (κ3) is 1.49. The van der Waals surface area contributed by atoms with Crippen LogP contribution in [0.4, 0.5) is 0 Å². The number of imidazole rings is 1. The van der Waals surface area contributed by atoms with Crippen LogP contribution in [0.1, 0.15) is 12.5 Å². The van der Waals surface area contributed by atoms with E-state index in [2.05, 4.69) is 21.0 Å². The third-order valence-electron chi connectivity index (χ3n) is 4.45. The summed E-state index contributed by atoms with van der Waals surface area (Å²) in [6.45, 7) is 0.0175. The highest BCUT2D eigenvalue weighted by Crippen LogP contribution is 2.50. The molecule has 2 aromatic rings. The van der Waals surface area contributed by atoms with Gasteiger partial charge in [0, 0.05) is 11.8 Å². The molecule has 0 radical (unpaired) electrons. The largest absolute Gasteiger partial charge is 0.392 e. The topological polar surface area (TPSA) is 84.1 Å². The number of nitrogens with zero attached hydrogens (tertiary/aromatic N) is 4. The Bertz CT molecular complexity index is 713. The second-order valence-electron chi connectivity index (χ2n) is 5.38. The number of halogens is 1. The van der Waals surface area contributed by atoms with Gasteiger partial charge in [-0.3, -0.25) is 0 Å². The molecular formula is C13H13ClN4O2. The van der Waals surface area contributed by atoms with Crippen LogP contribution in [0, 0.1) is 11.8 Å². The van der Waals surface area contributed by atoms with Gasteiger partial charge in [-0.25, -0.2) is 15.0 Å². The molecule has 1 fully saturated rings. The summed E-state index contributed by atoms with van der Waals surface area (Å²) < 4.78 is 1.88. The summed E-state index contributed by atoms with van der Waals surface area (Å²) >= 11 is 6.00. The number of rotatable bonds is 2. The van der Waals surface area contributed by atoms with E-state index in [4.69, 9.17) is 11.6 Å². The number of aliphatic hydroxyl groups is 2. The molecule has 4 rings (SSSR count). The zero-order chi connectivity index (χ0) is 13.9. The fourth-order valence-corrected chi connectivity index (χ4v) is 3.76. The fourth-order valence-electron chi connectivity index (χ4n) is 3.58. The Balaban J connectivity index is 1.82. The van der Waals surface area contributed by atoms with Gasteiger partial charge in [0.05, 0.1) is 25.1 Å². The van der Waals surface area contributed by atoms with E-state index in [9.17, 15) is 10.2 Å². The van der Waals surface area contributed by atoms with Crippen molar-refractivity contribution in [2.24, 2.45) is 11.8 Å².